The molecule has 0 amide bonds. The van der Waals surface area contributed by atoms with Gasteiger partial charge >= 0.3 is 0 Å². The summed E-state index contributed by atoms with van der Waals surface area (Å²) in [6.45, 7) is 3.88. The molecule has 2 heterocycles. The van der Waals surface area contributed by atoms with Crippen LogP contribution >= 0.6 is 23.2 Å². The molecule has 1 aliphatic heterocycles. The number of nitrogens with zero attached hydrogens (tertiary/aromatic N) is 5. The number of rotatable bonds is 3. The molecule has 0 radical (unpaired) electrons. The predicted molar refractivity (Wildman–Crippen MR) is 89.3 cm³/mol. The highest BCUT2D eigenvalue weighted by atomic mass is 35.5. The van der Waals surface area contributed by atoms with E-state index in [2.05, 4.69) is 37.3 Å². The molecule has 0 spiro atoms. The molecule has 22 heavy (non-hydrogen) atoms. The maximum Gasteiger partial charge on any atom is 0.249 e. The summed E-state index contributed by atoms with van der Waals surface area (Å²) in [6, 6.07) is 5.20. The Kier molecular flexibility index (Phi) is 4.61. The number of aromatic nitrogens is 3. The quantitative estimate of drug-likeness (QED) is 0.928. The van der Waals surface area contributed by atoms with Crippen LogP contribution in [0.25, 0.3) is 0 Å². The van der Waals surface area contributed by atoms with E-state index in [0.29, 0.717) is 16.0 Å². The first-order valence-corrected chi connectivity index (χ1v) is 7.72. The lowest BCUT2D eigenvalue weighted by Gasteiger charge is -2.32. The summed E-state index contributed by atoms with van der Waals surface area (Å²) in [5.41, 5.74) is 0.731. The van der Waals surface area contributed by atoms with Crippen LogP contribution < -0.4 is 10.2 Å². The van der Waals surface area contributed by atoms with E-state index in [-0.39, 0.29) is 0 Å². The van der Waals surface area contributed by atoms with Gasteiger partial charge in [0.2, 0.25) is 5.95 Å². The molecule has 2 aromatic rings. The first-order chi connectivity index (χ1) is 10.6. The normalized spacial score (nSPS) is 15.9. The third-order valence-electron chi connectivity index (χ3n) is 3.49. The number of nitrogens with one attached hydrogen (secondary N) is 1. The summed E-state index contributed by atoms with van der Waals surface area (Å²) in [5, 5.41) is 12.2. The van der Waals surface area contributed by atoms with Gasteiger partial charge in [-0.1, -0.05) is 23.2 Å². The van der Waals surface area contributed by atoms with Gasteiger partial charge in [0, 0.05) is 41.9 Å². The lowest BCUT2D eigenvalue weighted by molar-refractivity contribution is 0.312. The molecule has 3 rings (SSSR count). The van der Waals surface area contributed by atoms with Gasteiger partial charge in [0.05, 0.1) is 6.20 Å². The van der Waals surface area contributed by atoms with Crippen molar-refractivity contribution >= 4 is 40.7 Å². The largest absolute Gasteiger partial charge is 0.353 e. The maximum atomic E-state index is 5.99. The molecule has 8 heteroatoms. The Morgan fingerprint density at radius 1 is 1.05 bits per heavy atom. The molecule has 1 aromatic carbocycles. The summed E-state index contributed by atoms with van der Waals surface area (Å²) in [6.07, 6.45) is 1.68. The van der Waals surface area contributed by atoms with E-state index in [4.69, 9.17) is 23.2 Å². The minimum absolute atomic E-state index is 0.426. The lowest BCUT2D eigenvalue weighted by atomic mass is 10.3. The smallest absolute Gasteiger partial charge is 0.249 e. The van der Waals surface area contributed by atoms with Gasteiger partial charge in [0.15, 0.2) is 5.82 Å². The molecule has 1 aliphatic rings. The summed E-state index contributed by atoms with van der Waals surface area (Å²) in [7, 11) is 2.12. The third kappa shape index (κ3) is 3.76. The van der Waals surface area contributed by atoms with Crippen molar-refractivity contribution in [1.82, 2.24) is 20.1 Å². The Hall–Kier alpha value is -1.63. The van der Waals surface area contributed by atoms with Crippen LogP contribution in [0.15, 0.2) is 24.4 Å². The van der Waals surface area contributed by atoms with Crippen LogP contribution in [-0.2, 0) is 0 Å². The van der Waals surface area contributed by atoms with E-state index in [0.717, 1.165) is 37.7 Å². The highest BCUT2D eigenvalue weighted by Crippen LogP contribution is 2.24. The fraction of sp³-hybridized carbons (Fsp3) is 0.357. The number of hydrogen-bond acceptors (Lipinski definition) is 6. The standard InChI is InChI=1S/C14H16Cl2N6/c1-21-2-4-22(5-3-21)13-9-17-20-14(19-13)18-12-7-10(15)6-11(16)8-12/h6-9H,2-5H2,1H3,(H,18,19,20). The first kappa shape index (κ1) is 15.3. The summed E-state index contributed by atoms with van der Waals surface area (Å²) < 4.78 is 0. The van der Waals surface area contributed by atoms with E-state index in [9.17, 15) is 0 Å². The minimum atomic E-state index is 0.426. The minimum Gasteiger partial charge on any atom is -0.353 e. The predicted octanol–water partition coefficient (Wildman–Crippen LogP) is 2.67. The van der Waals surface area contributed by atoms with Gasteiger partial charge in [-0.3, -0.25) is 0 Å². The molecular formula is C14H16Cl2N6. The van der Waals surface area contributed by atoms with Gasteiger partial charge in [-0.05, 0) is 25.2 Å². The molecule has 1 aromatic heterocycles. The van der Waals surface area contributed by atoms with Gasteiger partial charge in [-0.25, -0.2) is 0 Å². The Morgan fingerprint density at radius 2 is 1.73 bits per heavy atom. The molecular weight excluding hydrogens is 323 g/mol. The maximum absolute atomic E-state index is 5.99. The van der Waals surface area contributed by atoms with Crippen molar-refractivity contribution in [2.24, 2.45) is 0 Å². The fourth-order valence-electron chi connectivity index (χ4n) is 2.29. The van der Waals surface area contributed by atoms with Crippen LogP contribution in [0, 0.1) is 0 Å². The second-order valence-electron chi connectivity index (χ2n) is 5.21. The highest BCUT2D eigenvalue weighted by Gasteiger charge is 2.16. The molecule has 1 N–H and O–H groups in total. The first-order valence-electron chi connectivity index (χ1n) is 6.96. The zero-order chi connectivity index (χ0) is 15.5. The topological polar surface area (TPSA) is 57.2 Å². The Bertz CT molecular complexity index is 637. The zero-order valence-electron chi connectivity index (χ0n) is 12.1. The molecule has 1 saturated heterocycles. The van der Waals surface area contributed by atoms with Gasteiger partial charge in [-0.2, -0.15) is 10.1 Å². The average molecular weight is 339 g/mol. The lowest BCUT2D eigenvalue weighted by Crippen LogP contribution is -2.44. The summed E-state index contributed by atoms with van der Waals surface area (Å²) >= 11 is 12.0. The van der Waals surface area contributed by atoms with Gasteiger partial charge < -0.3 is 15.1 Å². The van der Waals surface area contributed by atoms with Crippen LogP contribution in [-0.4, -0.2) is 53.3 Å². The van der Waals surface area contributed by atoms with Gasteiger partial charge in [-0.15, -0.1) is 5.10 Å². The second-order valence-corrected chi connectivity index (χ2v) is 6.08. The van der Waals surface area contributed by atoms with Gasteiger partial charge in [0.25, 0.3) is 0 Å². The Balaban J connectivity index is 1.76. The van der Waals surface area contributed by atoms with Crippen molar-refractivity contribution in [2.45, 2.75) is 0 Å². The number of piperazine rings is 1. The van der Waals surface area contributed by atoms with E-state index in [1.54, 1.807) is 24.4 Å². The van der Waals surface area contributed by atoms with Crippen LogP contribution in [0.5, 0.6) is 0 Å². The van der Waals surface area contributed by atoms with Crippen LogP contribution in [0.1, 0.15) is 0 Å². The molecule has 6 nitrogen and oxygen atoms in total. The summed E-state index contributed by atoms with van der Waals surface area (Å²) in [5.74, 6) is 1.24. The molecule has 0 bridgehead atoms. The number of hydrogen-bond donors (Lipinski definition) is 1. The van der Waals surface area contributed by atoms with Crippen molar-refractivity contribution in [3.63, 3.8) is 0 Å². The highest BCUT2D eigenvalue weighted by molar-refractivity contribution is 6.35. The number of halogens is 2. The third-order valence-corrected chi connectivity index (χ3v) is 3.93. The van der Waals surface area contributed by atoms with Crippen molar-refractivity contribution in [1.29, 1.82) is 0 Å². The van der Waals surface area contributed by atoms with Crippen LogP contribution in [0.2, 0.25) is 10.0 Å². The van der Waals surface area contributed by atoms with Crippen molar-refractivity contribution in [2.75, 3.05) is 43.4 Å². The van der Waals surface area contributed by atoms with E-state index in [1.807, 2.05) is 0 Å². The SMILES string of the molecule is CN1CCN(c2cnnc(Nc3cc(Cl)cc(Cl)c3)n2)CC1. The van der Waals surface area contributed by atoms with Crippen molar-refractivity contribution in [3.05, 3.63) is 34.4 Å². The molecule has 1 fully saturated rings. The van der Waals surface area contributed by atoms with Crippen molar-refractivity contribution in [3.8, 4) is 0 Å². The van der Waals surface area contributed by atoms with Crippen molar-refractivity contribution < 1.29 is 0 Å². The molecule has 0 aliphatic carbocycles. The monoisotopic (exact) mass is 338 g/mol. The average Bonchev–Trinajstić information content (AvgIpc) is 2.47. The number of likely N-dealkylation sites (N-methyl/N-ethyl adjacent to an activating group) is 1. The molecule has 0 unspecified atom stereocenters. The van der Waals surface area contributed by atoms with E-state index >= 15 is 0 Å². The second kappa shape index (κ2) is 6.64. The Morgan fingerprint density at radius 3 is 2.41 bits per heavy atom. The van der Waals surface area contributed by atoms with Gasteiger partial charge in [0.1, 0.15) is 0 Å². The Labute approximate surface area is 139 Å². The molecule has 0 atom stereocenters. The molecule has 0 saturated carbocycles. The van der Waals surface area contributed by atoms with E-state index in [1.165, 1.54) is 0 Å². The molecule has 116 valence electrons. The number of anilines is 3. The van der Waals surface area contributed by atoms with E-state index < -0.39 is 0 Å². The van der Waals surface area contributed by atoms with Crippen LogP contribution in [0.4, 0.5) is 17.5 Å². The zero-order valence-corrected chi connectivity index (χ0v) is 13.6. The fourth-order valence-corrected chi connectivity index (χ4v) is 2.82. The summed E-state index contributed by atoms with van der Waals surface area (Å²) in [4.78, 5) is 9.00. The van der Waals surface area contributed by atoms with Crippen LogP contribution in [0.3, 0.4) is 0 Å². The number of benzene rings is 1.